The molecule has 2 aliphatic rings. The number of β-lactam (4-membered cyclic amide) rings is 1. The summed E-state index contributed by atoms with van der Waals surface area (Å²) in [7, 11) is 1.27. The first-order chi connectivity index (χ1) is 7.51. The number of ether oxygens (including phenoxy) is 1. The van der Waals surface area contributed by atoms with Crippen LogP contribution in [0.2, 0.25) is 0 Å². The fourth-order valence-corrected chi connectivity index (χ4v) is 3.54. The fraction of sp³-hybridized carbons (Fsp3) is 0.700. The molecule has 0 aliphatic carbocycles. The van der Waals surface area contributed by atoms with Gasteiger partial charge in [0.25, 0.3) is 0 Å². The molecular weight excluding hydrogens is 230 g/mol. The van der Waals surface area contributed by atoms with Gasteiger partial charge in [0.2, 0.25) is 5.91 Å². The Morgan fingerprint density at radius 1 is 1.56 bits per heavy atom. The summed E-state index contributed by atoms with van der Waals surface area (Å²) in [4.78, 5) is 36.3. The lowest BCUT2D eigenvalue weighted by Gasteiger charge is -2.49. The lowest BCUT2D eigenvalue weighted by Crippen LogP contribution is -2.63. The Hall–Kier alpha value is -1.04. The molecule has 1 unspecified atom stereocenters. The minimum atomic E-state index is -1.16. The van der Waals surface area contributed by atoms with Gasteiger partial charge in [-0.05, 0) is 6.92 Å². The smallest absolute Gasteiger partial charge is 0.322 e. The van der Waals surface area contributed by atoms with Crippen LogP contribution in [0.4, 0.5) is 0 Å². The Kier molecular flexibility index (Phi) is 2.69. The van der Waals surface area contributed by atoms with Crippen molar-refractivity contribution >= 4 is 29.4 Å². The third-order valence-electron chi connectivity index (χ3n) is 3.23. The Morgan fingerprint density at radius 2 is 2.25 bits per heavy atom. The standard InChI is InChI=1S/C10H13NO4S/c1-6(12)10(9(14)15-2)4-11-7(13)3-8(11)16-5-10/h8H,3-5H2,1-2H3/t8-,10?/m1/s1. The van der Waals surface area contributed by atoms with E-state index in [4.69, 9.17) is 0 Å². The zero-order valence-electron chi connectivity index (χ0n) is 9.19. The summed E-state index contributed by atoms with van der Waals surface area (Å²) in [5, 5.41) is 0.143. The van der Waals surface area contributed by atoms with Gasteiger partial charge in [-0.2, -0.15) is 0 Å². The number of carbonyl (C=O) groups is 3. The highest BCUT2D eigenvalue weighted by molar-refractivity contribution is 8.00. The molecule has 0 aromatic carbocycles. The van der Waals surface area contributed by atoms with Crippen molar-refractivity contribution in [2.75, 3.05) is 19.4 Å². The topological polar surface area (TPSA) is 63.7 Å². The third-order valence-corrected chi connectivity index (χ3v) is 4.70. The monoisotopic (exact) mass is 243 g/mol. The van der Waals surface area contributed by atoms with Gasteiger partial charge in [-0.3, -0.25) is 14.4 Å². The van der Waals surface area contributed by atoms with Gasteiger partial charge in [0, 0.05) is 12.3 Å². The van der Waals surface area contributed by atoms with E-state index in [1.807, 2.05) is 0 Å². The SMILES string of the molecule is COC(=O)C1(C(C)=O)CS[C@@H]2CC(=O)N2C1. The molecule has 2 heterocycles. The molecule has 88 valence electrons. The maximum absolute atomic E-state index is 11.7. The molecular formula is C10H13NO4S. The van der Waals surface area contributed by atoms with Crippen LogP contribution < -0.4 is 0 Å². The lowest BCUT2D eigenvalue weighted by molar-refractivity contribution is -0.161. The van der Waals surface area contributed by atoms with E-state index >= 15 is 0 Å². The molecule has 2 aliphatic heterocycles. The molecule has 16 heavy (non-hydrogen) atoms. The second-order valence-corrected chi connectivity index (χ2v) is 5.29. The molecule has 2 atom stereocenters. The number of methoxy groups -OCH3 is 1. The van der Waals surface area contributed by atoms with Crippen LogP contribution in [0.3, 0.4) is 0 Å². The van der Waals surface area contributed by atoms with Gasteiger partial charge in [0.05, 0.1) is 18.9 Å². The highest BCUT2D eigenvalue weighted by Crippen LogP contribution is 2.42. The predicted molar refractivity (Wildman–Crippen MR) is 57.7 cm³/mol. The van der Waals surface area contributed by atoms with Crippen molar-refractivity contribution in [3.05, 3.63) is 0 Å². The number of nitrogens with zero attached hydrogens (tertiary/aromatic N) is 1. The first-order valence-corrected chi connectivity index (χ1v) is 6.06. The summed E-state index contributed by atoms with van der Waals surface area (Å²) in [6.07, 6.45) is 0.514. The molecule has 0 saturated carbocycles. The zero-order valence-corrected chi connectivity index (χ0v) is 10.0. The summed E-state index contributed by atoms with van der Waals surface area (Å²) in [6.45, 7) is 1.55. The number of thioether (sulfide) groups is 1. The van der Waals surface area contributed by atoms with Crippen molar-refractivity contribution in [3.63, 3.8) is 0 Å². The number of Topliss-reactive ketones (excluding diaryl/α,β-unsaturated/α-hetero) is 1. The molecule has 0 spiro atoms. The molecule has 0 N–H and O–H groups in total. The summed E-state index contributed by atoms with van der Waals surface area (Å²) >= 11 is 1.48. The van der Waals surface area contributed by atoms with Crippen LogP contribution in [0, 0.1) is 5.41 Å². The number of ketones is 1. The number of amides is 1. The van der Waals surface area contributed by atoms with Crippen molar-refractivity contribution < 1.29 is 19.1 Å². The molecule has 1 amide bonds. The van der Waals surface area contributed by atoms with E-state index in [2.05, 4.69) is 4.74 Å². The van der Waals surface area contributed by atoms with E-state index in [-0.39, 0.29) is 23.6 Å². The molecule has 2 rings (SSSR count). The average Bonchev–Trinajstić information content (AvgIpc) is 2.26. The number of hydrogen-bond donors (Lipinski definition) is 0. The third kappa shape index (κ3) is 1.43. The number of esters is 1. The highest BCUT2D eigenvalue weighted by atomic mass is 32.2. The first kappa shape index (κ1) is 11.4. The average molecular weight is 243 g/mol. The number of rotatable bonds is 2. The van der Waals surface area contributed by atoms with Gasteiger partial charge in [-0.15, -0.1) is 11.8 Å². The van der Waals surface area contributed by atoms with E-state index in [1.165, 1.54) is 25.8 Å². The Morgan fingerprint density at radius 3 is 2.75 bits per heavy atom. The second-order valence-electron chi connectivity index (χ2n) is 4.12. The normalized spacial score (nSPS) is 32.8. The first-order valence-electron chi connectivity index (χ1n) is 5.02. The summed E-state index contributed by atoms with van der Waals surface area (Å²) < 4.78 is 4.69. The Bertz CT molecular complexity index is 370. The maximum atomic E-state index is 11.7. The summed E-state index contributed by atoms with van der Waals surface area (Å²) in [5.74, 6) is -0.355. The molecule has 2 fully saturated rings. The van der Waals surface area contributed by atoms with E-state index in [1.54, 1.807) is 4.90 Å². The van der Waals surface area contributed by atoms with Crippen LogP contribution in [-0.4, -0.2) is 47.3 Å². The predicted octanol–water partition coefficient (Wildman–Crippen LogP) is 0.0400. The molecule has 0 bridgehead atoms. The van der Waals surface area contributed by atoms with Crippen LogP contribution in [0.25, 0.3) is 0 Å². The van der Waals surface area contributed by atoms with Gasteiger partial charge < -0.3 is 9.64 Å². The van der Waals surface area contributed by atoms with E-state index in [0.29, 0.717) is 12.2 Å². The van der Waals surface area contributed by atoms with Crippen molar-refractivity contribution in [2.24, 2.45) is 5.41 Å². The van der Waals surface area contributed by atoms with Crippen LogP contribution in [-0.2, 0) is 19.1 Å². The van der Waals surface area contributed by atoms with Crippen LogP contribution in [0.1, 0.15) is 13.3 Å². The second kappa shape index (κ2) is 3.76. The maximum Gasteiger partial charge on any atom is 0.322 e. The number of carbonyl (C=O) groups excluding carboxylic acids is 3. The van der Waals surface area contributed by atoms with E-state index < -0.39 is 11.4 Å². The van der Waals surface area contributed by atoms with Crippen LogP contribution in [0.5, 0.6) is 0 Å². The number of hydrogen-bond acceptors (Lipinski definition) is 5. The van der Waals surface area contributed by atoms with Crippen LogP contribution >= 0.6 is 11.8 Å². The van der Waals surface area contributed by atoms with Crippen molar-refractivity contribution in [1.82, 2.24) is 4.90 Å². The molecule has 0 radical (unpaired) electrons. The highest BCUT2D eigenvalue weighted by Gasteiger charge is 2.54. The van der Waals surface area contributed by atoms with Gasteiger partial charge in [-0.25, -0.2) is 0 Å². The molecule has 0 aromatic rings. The van der Waals surface area contributed by atoms with Gasteiger partial charge in [0.15, 0.2) is 5.41 Å². The lowest BCUT2D eigenvalue weighted by atomic mass is 9.84. The number of fused-ring (bicyclic) bond motifs is 1. The van der Waals surface area contributed by atoms with Gasteiger partial charge >= 0.3 is 5.97 Å². The largest absolute Gasteiger partial charge is 0.468 e. The molecule has 5 nitrogen and oxygen atoms in total. The molecule has 2 saturated heterocycles. The minimum Gasteiger partial charge on any atom is -0.468 e. The molecule has 0 aromatic heterocycles. The Labute approximate surface area is 97.5 Å². The minimum absolute atomic E-state index is 0.00623. The van der Waals surface area contributed by atoms with Gasteiger partial charge in [0.1, 0.15) is 5.78 Å². The zero-order chi connectivity index (χ0) is 11.9. The van der Waals surface area contributed by atoms with Crippen molar-refractivity contribution in [2.45, 2.75) is 18.7 Å². The van der Waals surface area contributed by atoms with Gasteiger partial charge in [-0.1, -0.05) is 0 Å². The summed E-state index contributed by atoms with van der Waals surface area (Å²) in [6, 6.07) is 0. The quantitative estimate of drug-likeness (QED) is 0.389. The van der Waals surface area contributed by atoms with Crippen molar-refractivity contribution in [3.8, 4) is 0 Å². The fourth-order valence-electron chi connectivity index (χ4n) is 2.01. The molecule has 6 heteroatoms. The van der Waals surface area contributed by atoms with E-state index in [9.17, 15) is 14.4 Å². The summed E-state index contributed by atoms with van der Waals surface area (Å²) in [5.41, 5.74) is -1.16. The van der Waals surface area contributed by atoms with Crippen molar-refractivity contribution in [1.29, 1.82) is 0 Å². The Balaban J connectivity index is 2.24. The van der Waals surface area contributed by atoms with E-state index in [0.717, 1.165) is 0 Å². The van der Waals surface area contributed by atoms with Crippen LogP contribution in [0.15, 0.2) is 0 Å².